The maximum Gasteiger partial charge on any atom is 0.296 e. The molecule has 0 atom stereocenters. The Labute approximate surface area is 118 Å². The van der Waals surface area contributed by atoms with Gasteiger partial charge in [-0.05, 0) is 6.07 Å². The standard InChI is InChI=1S/C14H11N6/c1-18-13-10-2-4-15-6-9(10)7-19(13)12-14(18)20-8-16-5-3-11(20)17-12/h2-6,8H,7H2,1H3/q+1/i1D3. The van der Waals surface area contributed by atoms with Crippen molar-refractivity contribution in [1.82, 2.24) is 23.9 Å². The molecule has 5 rings (SSSR count). The van der Waals surface area contributed by atoms with Gasteiger partial charge in [0.15, 0.2) is 6.33 Å². The lowest BCUT2D eigenvalue weighted by Crippen LogP contribution is -2.30. The molecule has 5 heterocycles. The molecule has 96 valence electrons. The number of hydrogen-bond acceptors (Lipinski definition) is 3. The molecule has 0 unspecified atom stereocenters. The molecule has 4 aromatic rings. The lowest BCUT2D eigenvalue weighted by Gasteiger charge is -1.96. The topological polar surface area (TPSA) is 51.9 Å². The van der Waals surface area contributed by atoms with Gasteiger partial charge in [-0.25, -0.2) is 14.1 Å². The Morgan fingerprint density at radius 2 is 2.25 bits per heavy atom. The Bertz CT molecular complexity index is 1090. The van der Waals surface area contributed by atoms with Crippen LogP contribution in [0.5, 0.6) is 0 Å². The molecule has 20 heavy (non-hydrogen) atoms. The smallest absolute Gasteiger partial charge is 0.264 e. The second-order valence-electron chi connectivity index (χ2n) is 4.85. The van der Waals surface area contributed by atoms with Gasteiger partial charge in [-0.1, -0.05) is 0 Å². The van der Waals surface area contributed by atoms with E-state index in [0.717, 1.165) is 11.1 Å². The monoisotopic (exact) mass is 266 g/mol. The van der Waals surface area contributed by atoms with Crippen LogP contribution >= 0.6 is 0 Å². The number of aromatic nitrogens is 6. The lowest BCUT2D eigenvalue weighted by atomic mass is 10.2. The molecule has 4 aromatic heterocycles. The molecule has 1 aliphatic rings. The summed E-state index contributed by atoms with van der Waals surface area (Å²) in [6.45, 7) is -1.76. The zero-order chi connectivity index (χ0) is 15.8. The fourth-order valence-electron chi connectivity index (χ4n) is 2.94. The first kappa shape index (κ1) is 7.74. The largest absolute Gasteiger partial charge is 0.296 e. The summed E-state index contributed by atoms with van der Waals surface area (Å²) in [6.07, 6.45) is 6.69. The Hall–Kier alpha value is -2.76. The predicted molar refractivity (Wildman–Crippen MR) is 72.0 cm³/mol. The summed E-state index contributed by atoms with van der Waals surface area (Å²) in [5.41, 5.74) is 3.72. The average Bonchev–Trinajstić information content (AvgIpc) is 3.13. The SMILES string of the molecule is [2H]C([2H])([2H])[n+]1c2n(c3nc4ccncn4c31)Cc1cnccc1-2. The third-order valence-corrected chi connectivity index (χ3v) is 3.80. The van der Waals surface area contributed by atoms with E-state index in [2.05, 4.69) is 15.0 Å². The molecule has 0 aromatic carbocycles. The fourth-order valence-corrected chi connectivity index (χ4v) is 2.94. The summed E-state index contributed by atoms with van der Waals surface area (Å²) in [4.78, 5) is 12.8. The van der Waals surface area contributed by atoms with Gasteiger partial charge < -0.3 is 0 Å². The second kappa shape index (κ2) is 3.22. The van der Waals surface area contributed by atoms with Gasteiger partial charge in [0.2, 0.25) is 11.5 Å². The van der Waals surface area contributed by atoms with E-state index in [9.17, 15) is 0 Å². The quantitative estimate of drug-likeness (QED) is 0.392. The highest BCUT2D eigenvalue weighted by atomic mass is 15.3. The van der Waals surface area contributed by atoms with Gasteiger partial charge in [0.1, 0.15) is 0 Å². The summed E-state index contributed by atoms with van der Waals surface area (Å²) in [5, 5.41) is 0. The maximum absolute atomic E-state index is 8.00. The van der Waals surface area contributed by atoms with Gasteiger partial charge in [-0.2, -0.15) is 9.38 Å². The predicted octanol–water partition coefficient (Wildman–Crippen LogP) is 0.932. The zero-order valence-electron chi connectivity index (χ0n) is 13.4. The van der Waals surface area contributed by atoms with Crippen LogP contribution in [0.4, 0.5) is 0 Å². The highest BCUT2D eigenvalue weighted by Gasteiger charge is 2.33. The van der Waals surface area contributed by atoms with Gasteiger partial charge in [0, 0.05) is 30.2 Å². The lowest BCUT2D eigenvalue weighted by molar-refractivity contribution is -0.636. The van der Waals surface area contributed by atoms with Crippen LogP contribution in [-0.2, 0) is 13.5 Å². The van der Waals surface area contributed by atoms with E-state index in [1.807, 2.05) is 10.6 Å². The van der Waals surface area contributed by atoms with E-state index < -0.39 is 6.98 Å². The number of rotatable bonds is 0. The number of imidazole rings is 2. The van der Waals surface area contributed by atoms with E-state index in [1.165, 1.54) is 4.57 Å². The Kier molecular flexibility index (Phi) is 1.24. The van der Waals surface area contributed by atoms with Crippen LogP contribution in [0, 0.1) is 0 Å². The van der Waals surface area contributed by atoms with E-state index in [1.54, 1.807) is 35.4 Å². The molecule has 0 bridgehead atoms. The third-order valence-electron chi connectivity index (χ3n) is 3.80. The van der Waals surface area contributed by atoms with Crippen molar-refractivity contribution in [3.05, 3.63) is 42.6 Å². The van der Waals surface area contributed by atoms with Crippen molar-refractivity contribution in [1.29, 1.82) is 0 Å². The average molecular weight is 266 g/mol. The van der Waals surface area contributed by atoms with Crippen LogP contribution in [0.3, 0.4) is 0 Å². The summed E-state index contributed by atoms with van der Waals surface area (Å²) in [7, 11) is 0. The van der Waals surface area contributed by atoms with Crippen LogP contribution in [0.15, 0.2) is 37.1 Å². The van der Waals surface area contributed by atoms with Crippen molar-refractivity contribution in [2.75, 3.05) is 0 Å². The molecule has 0 saturated heterocycles. The Morgan fingerprint density at radius 3 is 3.20 bits per heavy atom. The van der Waals surface area contributed by atoms with Crippen molar-refractivity contribution < 1.29 is 8.68 Å². The van der Waals surface area contributed by atoms with E-state index >= 15 is 0 Å². The van der Waals surface area contributed by atoms with Crippen molar-refractivity contribution >= 4 is 16.9 Å². The highest BCUT2D eigenvalue weighted by Crippen LogP contribution is 2.32. The first-order valence-electron chi connectivity index (χ1n) is 7.76. The van der Waals surface area contributed by atoms with Gasteiger partial charge >= 0.3 is 0 Å². The number of fused-ring (bicyclic) bond motifs is 7. The summed E-state index contributed by atoms with van der Waals surface area (Å²) in [5.74, 6) is 0.637. The zero-order valence-corrected chi connectivity index (χ0v) is 10.4. The van der Waals surface area contributed by atoms with Crippen molar-refractivity contribution in [3.63, 3.8) is 0 Å². The molecule has 0 amide bonds. The summed E-state index contributed by atoms with van der Waals surface area (Å²) in [6, 6.07) is 3.61. The Balaban J connectivity index is 2.01. The fraction of sp³-hybridized carbons (Fsp3) is 0.143. The molecule has 0 saturated carbocycles. The summed E-state index contributed by atoms with van der Waals surface area (Å²) < 4.78 is 29.0. The van der Waals surface area contributed by atoms with E-state index in [-0.39, 0.29) is 0 Å². The minimum Gasteiger partial charge on any atom is -0.264 e. The molecule has 6 heteroatoms. The van der Waals surface area contributed by atoms with Crippen molar-refractivity contribution in [2.24, 2.45) is 6.98 Å². The van der Waals surface area contributed by atoms with E-state index in [0.29, 0.717) is 29.3 Å². The minimum atomic E-state index is -2.32. The Morgan fingerprint density at radius 1 is 1.30 bits per heavy atom. The number of nitrogens with zero attached hydrogens (tertiary/aromatic N) is 6. The van der Waals surface area contributed by atoms with Gasteiger partial charge in [-0.15, -0.1) is 0 Å². The number of aryl methyl sites for hydroxylation is 1. The number of pyridine rings is 1. The van der Waals surface area contributed by atoms with Crippen molar-refractivity contribution in [3.8, 4) is 11.4 Å². The van der Waals surface area contributed by atoms with Gasteiger partial charge in [0.25, 0.3) is 11.3 Å². The molecule has 6 nitrogen and oxygen atoms in total. The van der Waals surface area contributed by atoms with Gasteiger partial charge in [-0.3, -0.25) is 4.98 Å². The first-order chi connectivity index (χ1) is 11.1. The second-order valence-corrected chi connectivity index (χ2v) is 4.85. The normalized spacial score (nSPS) is 15.9. The van der Waals surface area contributed by atoms with Gasteiger partial charge in [0.05, 0.1) is 23.2 Å². The minimum absolute atomic E-state index is 0.533. The van der Waals surface area contributed by atoms with Crippen LogP contribution in [0.1, 0.15) is 9.68 Å². The molecular formula is C14H11N6+. The number of hydrogen-bond donors (Lipinski definition) is 0. The third kappa shape index (κ3) is 1.01. The summed E-state index contributed by atoms with van der Waals surface area (Å²) >= 11 is 0. The molecule has 0 radical (unpaired) electrons. The van der Waals surface area contributed by atoms with Crippen LogP contribution in [0.25, 0.3) is 28.3 Å². The molecule has 0 fully saturated rings. The van der Waals surface area contributed by atoms with Crippen molar-refractivity contribution in [2.45, 2.75) is 6.54 Å². The first-order valence-corrected chi connectivity index (χ1v) is 6.26. The molecule has 0 aliphatic carbocycles. The van der Waals surface area contributed by atoms with Crippen LogP contribution in [0.2, 0.25) is 0 Å². The van der Waals surface area contributed by atoms with E-state index in [4.69, 9.17) is 4.11 Å². The van der Waals surface area contributed by atoms with Crippen LogP contribution < -0.4 is 4.57 Å². The maximum atomic E-state index is 8.00. The molecule has 1 aliphatic heterocycles. The highest BCUT2D eigenvalue weighted by molar-refractivity contribution is 5.77. The molecule has 0 N–H and O–H groups in total. The molecule has 0 spiro atoms. The van der Waals surface area contributed by atoms with Crippen LogP contribution in [-0.4, -0.2) is 23.9 Å². The molecular weight excluding hydrogens is 252 g/mol.